The highest BCUT2D eigenvalue weighted by atomic mass is 16.4. The molecule has 0 atom stereocenters. The van der Waals surface area contributed by atoms with Gasteiger partial charge in [0.25, 0.3) is 0 Å². The highest BCUT2D eigenvalue weighted by Crippen LogP contribution is 1.85. The van der Waals surface area contributed by atoms with Crippen molar-refractivity contribution in [3.63, 3.8) is 0 Å². The van der Waals surface area contributed by atoms with Crippen LogP contribution in [-0.4, -0.2) is 7.62 Å². The van der Waals surface area contributed by atoms with Crippen molar-refractivity contribution in [2.24, 2.45) is 10.1 Å². The second kappa shape index (κ2) is 1.59. The van der Waals surface area contributed by atoms with Gasteiger partial charge in [0.15, 0.2) is 0 Å². The molecule has 1 aliphatic heterocycles. The van der Waals surface area contributed by atoms with E-state index in [4.69, 9.17) is 0 Å². The molecule has 6 heavy (non-hydrogen) atoms. The quantitative estimate of drug-likeness (QED) is 0.384. The summed E-state index contributed by atoms with van der Waals surface area (Å²) in [5.74, 6) is 0. The molecule has 0 saturated heterocycles. The maximum absolute atomic E-state index is 4.63. The summed E-state index contributed by atoms with van der Waals surface area (Å²) in [6, 6.07) is 0. The van der Waals surface area contributed by atoms with Gasteiger partial charge in [0.1, 0.15) is 0 Å². The van der Waals surface area contributed by atoms with Gasteiger partial charge in [-0.15, -0.1) is 0 Å². The molecule has 0 bridgehead atoms. The van der Waals surface area contributed by atoms with Crippen molar-refractivity contribution in [1.82, 2.24) is 0 Å². The van der Waals surface area contributed by atoms with Crippen LogP contribution in [0.5, 0.6) is 0 Å². The number of hydrogen-bond acceptors (Lipinski definition) is 3. The lowest BCUT2D eigenvalue weighted by Gasteiger charge is -1.91. The van der Waals surface area contributed by atoms with Crippen LogP contribution in [0.25, 0.3) is 0 Å². The SMILES string of the molecule is B1N=NC=CO1. The summed E-state index contributed by atoms with van der Waals surface area (Å²) in [7, 11) is 0.372. The first-order chi connectivity index (χ1) is 3.00. The van der Waals surface area contributed by atoms with Crippen LogP contribution in [0.1, 0.15) is 0 Å². The van der Waals surface area contributed by atoms with E-state index in [0.717, 1.165) is 0 Å². The molecule has 0 amide bonds. The molecule has 0 fully saturated rings. The predicted molar refractivity (Wildman–Crippen MR) is 22.2 cm³/mol. The number of nitrogens with zero attached hydrogens (tertiary/aromatic N) is 2. The summed E-state index contributed by atoms with van der Waals surface area (Å²) in [5.41, 5.74) is 0. The summed E-state index contributed by atoms with van der Waals surface area (Å²) < 4.78 is 4.63. The van der Waals surface area contributed by atoms with Crippen LogP contribution >= 0.6 is 0 Å². The van der Waals surface area contributed by atoms with Crippen molar-refractivity contribution < 1.29 is 4.65 Å². The van der Waals surface area contributed by atoms with Crippen molar-refractivity contribution in [3.8, 4) is 0 Å². The zero-order chi connectivity index (χ0) is 4.24. The number of hydrogen-bond donors (Lipinski definition) is 0. The first kappa shape index (κ1) is 3.40. The van der Waals surface area contributed by atoms with Crippen LogP contribution in [-0.2, 0) is 4.65 Å². The average molecular weight is 81.9 g/mol. The third-order valence-corrected chi connectivity index (χ3v) is 0.438. The summed E-state index contributed by atoms with van der Waals surface area (Å²) in [6.07, 6.45) is 3.01. The first-order valence-corrected chi connectivity index (χ1v) is 1.63. The van der Waals surface area contributed by atoms with E-state index in [2.05, 4.69) is 14.8 Å². The van der Waals surface area contributed by atoms with Gasteiger partial charge in [0.05, 0.1) is 12.5 Å². The topological polar surface area (TPSA) is 34.0 Å². The minimum atomic E-state index is 0.372. The van der Waals surface area contributed by atoms with Crippen molar-refractivity contribution in [3.05, 3.63) is 12.5 Å². The molecule has 0 aromatic rings. The normalized spacial score (nSPS) is 16.0. The van der Waals surface area contributed by atoms with E-state index in [1.165, 1.54) is 12.5 Å². The van der Waals surface area contributed by atoms with Crippen LogP contribution in [0.3, 0.4) is 0 Å². The van der Waals surface area contributed by atoms with Crippen LogP contribution in [0.4, 0.5) is 0 Å². The lowest BCUT2D eigenvalue weighted by molar-refractivity contribution is 0.503. The van der Waals surface area contributed by atoms with E-state index in [-0.39, 0.29) is 0 Å². The third-order valence-electron chi connectivity index (χ3n) is 0.438. The zero-order valence-corrected chi connectivity index (χ0v) is 3.16. The predicted octanol–water partition coefficient (Wildman–Crippen LogP) is 0.206. The van der Waals surface area contributed by atoms with E-state index in [1.54, 1.807) is 0 Å². The third kappa shape index (κ3) is 0.575. The summed E-state index contributed by atoms with van der Waals surface area (Å²) in [5, 5.41) is 6.99. The summed E-state index contributed by atoms with van der Waals surface area (Å²) >= 11 is 0. The first-order valence-electron chi connectivity index (χ1n) is 1.63. The highest BCUT2D eigenvalue weighted by Gasteiger charge is 1.84. The molecule has 0 N–H and O–H groups in total. The number of rotatable bonds is 0. The van der Waals surface area contributed by atoms with E-state index in [0.29, 0.717) is 7.62 Å². The molecule has 4 heteroatoms. The van der Waals surface area contributed by atoms with Gasteiger partial charge < -0.3 is 4.65 Å². The van der Waals surface area contributed by atoms with Crippen LogP contribution in [0.15, 0.2) is 22.6 Å². The molecule has 0 radical (unpaired) electrons. The van der Waals surface area contributed by atoms with Crippen molar-refractivity contribution >= 4 is 7.62 Å². The van der Waals surface area contributed by atoms with Gasteiger partial charge in [0.2, 0.25) is 0 Å². The molecule has 3 nitrogen and oxygen atoms in total. The molecule has 0 aromatic carbocycles. The van der Waals surface area contributed by atoms with E-state index < -0.39 is 0 Å². The smallest absolute Gasteiger partial charge is 0.503 e. The van der Waals surface area contributed by atoms with E-state index >= 15 is 0 Å². The molecule has 0 saturated carbocycles. The average Bonchev–Trinajstić information content (AvgIpc) is 1.72. The van der Waals surface area contributed by atoms with Gasteiger partial charge in [-0.25, -0.2) is 5.03 Å². The van der Waals surface area contributed by atoms with Gasteiger partial charge in [-0.1, -0.05) is 0 Å². The van der Waals surface area contributed by atoms with Gasteiger partial charge in [-0.3, -0.25) is 0 Å². The Hall–Kier alpha value is -0.795. The second-order valence-corrected chi connectivity index (χ2v) is 0.838. The fourth-order valence-electron chi connectivity index (χ4n) is 0.227. The molecular formula is C2H3BN2O. The Kier molecular flexibility index (Phi) is 0.903. The Morgan fingerprint density at radius 1 is 1.67 bits per heavy atom. The molecular weight excluding hydrogens is 78.8 g/mol. The Bertz CT molecular complexity index is 77.5. The van der Waals surface area contributed by atoms with Gasteiger partial charge in [-0.2, -0.15) is 5.11 Å². The summed E-state index contributed by atoms with van der Waals surface area (Å²) in [6.45, 7) is 0. The Labute approximate surface area is 36.0 Å². The maximum atomic E-state index is 4.63. The van der Waals surface area contributed by atoms with Crippen molar-refractivity contribution in [2.45, 2.75) is 0 Å². The summed E-state index contributed by atoms with van der Waals surface area (Å²) in [4.78, 5) is 0. The standard InChI is InChI=1S/C2H3BN2O/c1-2-6-3-5-4-1/h1-3H. The molecule has 30 valence electrons. The minimum absolute atomic E-state index is 0.372. The van der Waals surface area contributed by atoms with Gasteiger partial charge >= 0.3 is 7.62 Å². The van der Waals surface area contributed by atoms with Gasteiger partial charge in [-0.05, 0) is 0 Å². The van der Waals surface area contributed by atoms with Crippen molar-refractivity contribution in [1.29, 1.82) is 0 Å². The molecule has 0 unspecified atom stereocenters. The molecule has 1 heterocycles. The lowest BCUT2D eigenvalue weighted by atomic mass is 10.3. The van der Waals surface area contributed by atoms with Crippen LogP contribution in [0.2, 0.25) is 0 Å². The van der Waals surface area contributed by atoms with Crippen molar-refractivity contribution in [2.75, 3.05) is 0 Å². The van der Waals surface area contributed by atoms with E-state index in [1.807, 2.05) is 0 Å². The van der Waals surface area contributed by atoms with Crippen LogP contribution in [0, 0.1) is 0 Å². The lowest BCUT2D eigenvalue weighted by Crippen LogP contribution is -1.87. The fourth-order valence-corrected chi connectivity index (χ4v) is 0.227. The maximum Gasteiger partial charge on any atom is 0.503 e. The molecule has 1 aliphatic rings. The molecule has 0 spiro atoms. The fraction of sp³-hybridized carbons (Fsp3) is 0. The van der Waals surface area contributed by atoms with Gasteiger partial charge in [0, 0.05) is 0 Å². The Morgan fingerprint density at radius 3 is 2.83 bits per heavy atom. The Morgan fingerprint density at radius 2 is 2.67 bits per heavy atom. The monoisotopic (exact) mass is 82.0 g/mol. The zero-order valence-electron chi connectivity index (χ0n) is 3.16. The molecule has 0 aliphatic carbocycles. The Balaban J connectivity index is 2.46. The largest absolute Gasteiger partial charge is 0.546 e. The van der Waals surface area contributed by atoms with Crippen LogP contribution < -0.4 is 0 Å². The minimum Gasteiger partial charge on any atom is -0.546 e. The highest BCUT2D eigenvalue weighted by molar-refractivity contribution is 6.24. The molecule has 1 rings (SSSR count). The molecule has 0 aromatic heterocycles. The van der Waals surface area contributed by atoms with E-state index in [9.17, 15) is 0 Å². The second-order valence-electron chi connectivity index (χ2n) is 0.838.